The molecule has 0 atom stereocenters. The first-order valence-electron chi connectivity index (χ1n) is 5.99. The Morgan fingerprint density at radius 3 is 2.41 bits per heavy atom. The molecule has 0 fully saturated rings. The highest BCUT2D eigenvalue weighted by molar-refractivity contribution is 5.46. The highest BCUT2D eigenvalue weighted by atomic mass is 16.3. The Hall–Kier alpha value is -1.84. The zero-order chi connectivity index (χ0) is 11.8. The van der Waals surface area contributed by atoms with E-state index in [0.29, 0.717) is 5.69 Å². The van der Waals surface area contributed by atoms with Gasteiger partial charge in [-0.05, 0) is 50.3 Å². The summed E-state index contributed by atoms with van der Waals surface area (Å²) < 4.78 is 0. The maximum atomic E-state index is 9.85. The van der Waals surface area contributed by atoms with Gasteiger partial charge in [0.1, 0.15) is 11.4 Å². The van der Waals surface area contributed by atoms with Gasteiger partial charge >= 0.3 is 0 Å². The van der Waals surface area contributed by atoms with Gasteiger partial charge in [0.2, 0.25) is 0 Å². The van der Waals surface area contributed by atoms with E-state index in [9.17, 15) is 5.11 Å². The normalized spacial score (nSPS) is 14.6. The van der Waals surface area contributed by atoms with Gasteiger partial charge in [0.25, 0.3) is 0 Å². The largest absolute Gasteiger partial charge is 0.506 e. The molecule has 88 valence electrons. The van der Waals surface area contributed by atoms with E-state index in [1.54, 1.807) is 10.9 Å². The number of hydrogen-bond donors (Lipinski definition) is 1. The third kappa shape index (κ3) is 1.79. The number of benzene rings is 1. The Morgan fingerprint density at radius 2 is 1.76 bits per heavy atom. The van der Waals surface area contributed by atoms with Crippen LogP contribution in [-0.4, -0.2) is 20.1 Å². The summed E-state index contributed by atoms with van der Waals surface area (Å²) in [6, 6.07) is 5.47. The van der Waals surface area contributed by atoms with Gasteiger partial charge in [-0.25, -0.2) is 0 Å². The Balaban J connectivity index is 2.08. The number of phenolic OH excluding ortho intramolecular Hbond substituents is 1. The molecule has 1 aromatic carbocycles. The van der Waals surface area contributed by atoms with Crippen LogP contribution in [0.3, 0.4) is 0 Å². The van der Waals surface area contributed by atoms with Gasteiger partial charge in [-0.1, -0.05) is 6.07 Å². The van der Waals surface area contributed by atoms with E-state index in [2.05, 4.69) is 10.2 Å². The number of aryl methyl sites for hydroxylation is 3. The van der Waals surface area contributed by atoms with Crippen molar-refractivity contribution in [2.45, 2.75) is 32.6 Å². The van der Waals surface area contributed by atoms with Crippen LogP contribution in [0.4, 0.5) is 0 Å². The molecule has 2 aromatic rings. The van der Waals surface area contributed by atoms with Crippen LogP contribution in [0.2, 0.25) is 0 Å². The predicted octanol–water partition coefficient (Wildman–Crippen LogP) is 2.16. The van der Waals surface area contributed by atoms with Crippen LogP contribution in [0.15, 0.2) is 18.2 Å². The lowest BCUT2D eigenvalue weighted by Crippen LogP contribution is -2.00. The monoisotopic (exact) mass is 229 g/mol. The molecular formula is C13H15N3O. The van der Waals surface area contributed by atoms with Gasteiger partial charge in [0.05, 0.1) is 11.4 Å². The number of rotatable bonds is 1. The topological polar surface area (TPSA) is 50.9 Å². The molecule has 0 aliphatic heterocycles. The summed E-state index contributed by atoms with van der Waals surface area (Å²) in [5, 5.41) is 18.8. The van der Waals surface area contributed by atoms with Crippen molar-refractivity contribution < 1.29 is 5.11 Å². The summed E-state index contributed by atoms with van der Waals surface area (Å²) in [6.45, 7) is 1.99. The third-order valence-electron chi connectivity index (χ3n) is 3.19. The standard InChI is InChI=1S/C13H15N3O/c1-9-6-7-13(17)12(8-9)16-14-10-4-2-3-5-11(10)15-16/h6-8,17H,2-5H2,1H3. The van der Waals surface area contributed by atoms with E-state index in [0.717, 1.165) is 29.8 Å². The zero-order valence-corrected chi connectivity index (χ0v) is 9.85. The first kappa shape index (κ1) is 10.3. The number of aromatic hydroxyl groups is 1. The van der Waals surface area contributed by atoms with E-state index in [4.69, 9.17) is 0 Å². The quantitative estimate of drug-likeness (QED) is 0.815. The minimum absolute atomic E-state index is 0.225. The number of hydrogen-bond acceptors (Lipinski definition) is 3. The summed E-state index contributed by atoms with van der Waals surface area (Å²) >= 11 is 0. The van der Waals surface area contributed by atoms with Crippen LogP contribution in [0, 0.1) is 6.92 Å². The van der Waals surface area contributed by atoms with Crippen LogP contribution >= 0.6 is 0 Å². The Morgan fingerprint density at radius 1 is 1.12 bits per heavy atom. The van der Waals surface area contributed by atoms with Gasteiger partial charge in [-0.2, -0.15) is 10.2 Å². The Bertz CT molecular complexity index is 536. The number of fused-ring (bicyclic) bond motifs is 1. The molecule has 1 aromatic heterocycles. The predicted molar refractivity (Wildman–Crippen MR) is 64.4 cm³/mol. The van der Waals surface area contributed by atoms with Crippen molar-refractivity contribution in [3.05, 3.63) is 35.2 Å². The number of phenols is 1. The van der Waals surface area contributed by atoms with Crippen molar-refractivity contribution in [3.63, 3.8) is 0 Å². The Kier molecular flexibility index (Phi) is 2.35. The fourth-order valence-electron chi connectivity index (χ4n) is 2.24. The molecule has 3 rings (SSSR count). The van der Waals surface area contributed by atoms with Crippen LogP contribution in [0.1, 0.15) is 29.8 Å². The molecule has 0 amide bonds. The first-order chi connectivity index (χ1) is 8.24. The molecule has 0 spiro atoms. The van der Waals surface area contributed by atoms with Gasteiger partial charge in [-0.15, -0.1) is 4.80 Å². The van der Waals surface area contributed by atoms with Crippen molar-refractivity contribution >= 4 is 0 Å². The summed E-state index contributed by atoms with van der Waals surface area (Å²) in [7, 11) is 0. The lowest BCUT2D eigenvalue weighted by atomic mass is 10.0. The molecule has 1 aliphatic rings. The minimum atomic E-state index is 0.225. The van der Waals surface area contributed by atoms with Crippen LogP contribution in [0.25, 0.3) is 5.69 Å². The van der Waals surface area contributed by atoms with E-state index in [-0.39, 0.29) is 5.75 Å². The third-order valence-corrected chi connectivity index (χ3v) is 3.19. The molecule has 4 nitrogen and oxygen atoms in total. The second-order valence-corrected chi connectivity index (χ2v) is 4.58. The average molecular weight is 229 g/mol. The molecule has 0 bridgehead atoms. The van der Waals surface area contributed by atoms with Gasteiger partial charge in [0.15, 0.2) is 0 Å². The van der Waals surface area contributed by atoms with Crippen LogP contribution in [0.5, 0.6) is 5.75 Å². The first-order valence-corrected chi connectivity index (χ1v) is 5.99. The minimum Gasteiger partial charge on any atom is -0.506 e. The lowest BCUT2D eigenvalue weighted by molar-refractivity contribution is 0.467. The van der Waals surface area contributed by atoms with Gasteiger partial charge in [0, 0.05) is 0 Å². The Labute approximate surface area is 99.9 Å². The summed E-state index contributed by atoms with van der Waals surface area (Å²) in [4.78, 5) is 1.57. The maximum absolute atomic E-state index is 9.85. The summed E-state index contributed by atoms with van der Waals surface area (Å²) in [6.07, 6.45) is 4.38. The molecule has 0 saturated heterocycles. The lowest BCUT2D eigenvalue weighted by Gasteiger charge is -2.04. The second-order valence-electron chi connectivity index (χ2n) is 4.58. The fraction of sp³-hybridized carbons (Fsp3) is 0.385. The van der Waals surface area contributed by atoms with Gasteiger partial charge in [-0.3, -0.25) is 0 Å². The smallest absolute Gasteiger partial charge is 0.143 e. The molecular weight excluding hydrogens is 214 g/mol. The summed E-state index contributed by atoms with van der Waals surface area (Å²) in [5.41, 5.74) is 3.92. The van der Waals surface area contributed by atoms with E-state index < -0.39 is 0 Å². The number of nitrogens with zero attached hydrogens (tertiary/aromatic N) is 3. The molecule has 0 saturated carbocycles. The maximum Gasteiger partial charge on any atom is 0.143 e. The van der Waals surface area contributed by atoms with Crippen LogP contribution in [-0.2, 0) is 12.8 Å². The highest BCUT2D eigenvalue weighted by Crippen LogP contribution is 2.24. The molecule has 1 N–H and O–H groups in total. The van der Waals surface area contributed by atoms with Crippen molar-refractivity contribution in [3.8, 4) is 11.4 Å². The van der Waals surface area contributed by atoms with E-state index >= 15 is 0 Å². The van der Waals surface area contributed by atoms with E-state index in [1.807, 2.05) is 19.1 Å². The van der Waals surface area contributed by atoms with Crippen molar-refractivity contribution in [2.75, 3.05) is 0 Å². The second kappa shape index (κ2) is 3.87. The fourth-order valence-corrected chi connectivity index (χ4v) is 2.24. The highest BCUT2D eigenvalue weighted by Gasteiger charge is 2.17. The SMILES string of the molecule is Cc1ccc(O)c(-n2nc3c(n2)CCCC3)c1. The average Bonchev–Trinajstić information content (AvgIpc) is 2.75. The molecule has 4 heteroatoms. The number of aromatic nitrogens is 3. The van der Waals surface area contributed by atoms with Crippen molar-refractivity contribution in [1.29, 1.82) is 0 Å². The summed E-state index contributed by atoms with van der Waals surface area (Å²) in [5.74, 6) is 0.225. The molecule has 1 aliphatic carbocycles. The van der Waals surface area contributed by atoms with Crippen molar-refractivity contribution in [2.24, 2.45) is 0 Å². The molecule has 0 unspecified atom stereocenters. The van der Waals surface area contributed by atoms with Crippen LogP contribution < -0.4 is 0 Å². The van der Waals surface area contributed by atoms with Gasteiger partial charge < -0.3 is 5.11 Å². The molecule has 1 heterocycles. The zero-order valence-electron chi connectivity index (χ0n) is 9.85. The molecule has 17 heavy (non-hydrogen) atoms. The van der Waals surface area contributed by atoms with E-state index in [1.165, 1.54) is 12.8 Å². The van der Waals surface area contributed by atoms with Crippen molar-refractivity contribution in [1.82, 2.24) is 15.0 Å². The molecule has 0 radical (unpaired) electrons.